The number of nitrogens with zero attached hydrogens (tertiary/aromatic N) is 2. The molecule has 0 unspecified atom stereocenters. The van der Waals surface area contributed by atoms with Gasteiger partial charge in [0.15, 0.2) is 0 Å². The van der Waals surface area contributed by atoms with Gasteiger partial charge < -0.3 is 4.52 Å². The van der Waals surface area contributed by atoms with E-state index >= 15 is 0 Å². The summed E-state index contributed by atoms with van der Waals surface area (Å²) < 4.78 is 5.09. The molecule has 0 aliphatic rings. The van der Waals surface area contributed by atoms with Crippen molar-refractivity contribution in [3.05, 3.63) is 35.7 Å². The molecule has 0 atom stereocenters. The maximum atomic E-state index is 5.62. The lowest BCUT2D eigenvalue weighted by molar-refractivity contribution is 0.383. The normalized spacial score (nSPS) is 11.1. The second-order valence-electron chi connectivity index (χ2n) is 4.23. The van der Waals surface area contributed by atoms with Crippen LogP contribution in [0.2, 0.25) is 0 Å². The number of aryl methyl sites for hydroxylation is 1. The average molecular weight is 251 g/mol. The average Bonchev–Trinajstić information content (AvgIpc) is 2.78. The van der Waals surface area contributed by atoms with Crippen LogP contribution in [0.1, 0.15) is 31.2 Å². The third-order valence-electron chi connectivity index (χ3n) is 2.61. The third kappa shape index (κ3) is 2.86. The maximum absolute atomic E-state index is 5.62. The molecule has 0 spiro atoms. The molecule has 0 N–H and O–H groups in total. The van der Waals surface area contributed by atoms with E-state index in [1.807, 2.05) is 12.1 Å². The zero-order chi connectivity index (χ0) is 12.3. The number of aromatic nitrogens is 2. The molecule has 0 aliphatic heterocycles. The Morgan fingerprint density at radius 3 is 2.53 bits per heavy atom. The molecule has 0 amide bonds. The van der Waals surface area contributed by atoms with Gasteiger partial charge in [-0.2, -0.15) is 4.98 Å². The molecule has 0 bridgehead atoms. The summed E-state index contributed by atoms with van der Waals surface area (Å²) in [6.45, 7) is 4.34. The summed E-state index contributed by atoms with van der Waals surface area (Å²) in [4.78, 5) is 4.28. The first-order valence-corrected chi connectivity index (χ1v) is 6.23. The van der Waals surface area contributed by atoms with Crippen molar-refractivity contribution in [1.82, 2.24) is 10.1 Å². The molecule has 1 aromatic carbocycles. The van der Waals surface area contributed by atoms with Gasteiger partial charge in [-0.3, -0.25) is 0 Å². The fourth-order valence-corrected chi connectivity index (χ4v) is 1.73. The quantitative estimate of drug-likeness (QED) is 0.778. The van der Waals surface area contributed by atoms with Crippen molar-refractivity contribution in [2.75, 3.05) is 5.88 Å². The topological polar surface area (TPSA) is 38.9 Å². The van der Waals surface area contributed by atoms with Gasteiger partial charge in [0.25, 0.3) is 0 Å². The molecule has 3 nitrogen and oxygen atoms in total. The predicted octanol–water partition coefficient (Wildman–Crippen LogP) is 3.64. The molecule has 90 valence electrons. The first kappa shape index (κ1) is 12.1. The van der Waals surface area contributed by atoms with E-state index in [2.05, 4.69) is 36.1 Å². The van der Waals surface area contributed by atoms with Crippen LogP contribution in [0.15, 0.2) is 28.8 Å². The van der Waals surface area contributed by atoms with Gasteiger partial charge in [0.2, 0.25) is 11.7 Å². The summed E-state index contributed by atoms with van der Waals surface area (Å²) in [5.74, 6) is 2.23. The van der Waals surface area contributed by atoms with Gasteiger partial charge in [-0.05, 0) is 11.5 Å². The minimum absolute atomic E-state index is 0.494. The molecular weight excluding hydrogens is 236 g/mol. The minimum atomic E-state index is 0.494. The Labute approximate surface area is 106 Å². The van der Waals surface area contributed by atoms with Crippen molar-refractivity contribution in [2.45, 2.75) is 26.2 Å². The van der Waals surface area contributed by atoms with Crippen LogP contribution in [-0.4, -0.2) is 16.0 Å². The van der Waals surface area contributed by atoms with Crippen molar-refractivity contribution < 1.29 is 4.52 Å². The standard InChI is InChI=1S/C13H15ClN2O/c1-9(2)10-3-5-11(6-4-10)13-15-12(7-8-14)17-16-13/h3-6,9H,7-8H2,1-2H3. The van der Waals surface area contributed by atoms with Crippen LogP contribution in [0.3, 0.4) is 0 Å². The van der Waals surface area contributed by atoms with E-state index in [0.29, 0.717) is 29.9 Å². The van der Waals surface area contributed by atoms with Crippen molar-refractivity contribution in [1.29, 1.82) is 0 Å². The molecule has 0 saturated heterocycles. The van der Waals surface area contributed by atoms with E-state index in [1.165, 1.54) is 5.56 Å². The number of hydrogen-bond acceptors (Lipinski definition) is 3. The minimum Gasteiger partial charge on any atom is -0.339 e. The van der Waals surface area contributed by atoms with Crippen LogP contribution in [0, 0.1) is 0 Å². The molecule has 1 aromatic heterocycles. The highest BCUT2D eigenvalue weighted by molar-refractivity contribution is 6.17. The largest absolute Gasteiger partial charge is 0.339 e. The lowest BCUT2D eigenvalue weighted by atomic mass is 10.0. The molecule has 0 aliphatic carbocycles. The Balaban J connectivity index is 2.21. The predicted molar refractivity (Wildman–Crippen MR) is 68.2 cm³/mol. The van der Waals surface area contributed by atoms with E-state index in [1.54, 1.807) is 0 Å². The Bertz CT molecular complexity index is 476. The molecule has 0 saturated carbocycles. The Kier molecular flexibility index (Phi) is 3.79. The monoisotopic (exact) mass is 250 g/mol. The zero-order valence-electron chi connectivity index (χ0n) is 9.98. The number of halogens is 1. The number of alkyl halides is 1. The van der Waals surface area contributed by atoms with Crippen molar-refractivity contribution >= 4 is 11.6 Å². The number of benzene rings is 1. The maximum Gasteiger partial charge on any atom is 0.228 e. The van der Waals surface area contributed by atoms with Crippen LogP contribution in [0.25, 0.3) is 11.4 Å². The Morgan fingerprint density at radius 1 is 1.24 bits per heavy atom. The lowest BCUT2D eigenvalue weighted by Crippen LogP contribution is -1.88. The molecule has 1 heterocycles. The van der Waals surface area contributed by atoms with Gasteiger partial charge >= 0.3 is 0 Å². The second-order valence-corrected chi connectivity index (χ2v) is 4.61. The summed E-state index contributed by atoms with van der Waals surface area (Å²) >= 11 is 5.62. The summed E-state index contributed by atoms with van der Waals surface area (Å²) in [7, 11) is 0. The first-order chi connectivity index (χ1) is 8.20. The van der Waals surface area contributed by atoms with E-state index in [0.717, 1.165) is 5.56 Å². The van der Waals surface area contributed by atoms with Crippen molar-refractivity contribution in [3.63, 3.8) is 0 Å². The summed E-state index contributed by atoms with van der Waals surface area (Å²) in [5.41, 5.74) is 2.28. The van der Waals surface area contributed by atoms with Crippen LogP contribution in [-0.2, 0) is 6.42 Å². The SMILES string of the molecule is CC(C)c1ccc(-c2noc(CCCl)n2)cc1. The zero-order valence-corrected chi connectivity index (χ0v) is 10.7. The van der Waals surface area contributed by atoms with Gasteiger partial charge in [0.05, 0.1) is 0 Å². The second kappa shape index (κ2) is 5.32. The van der Waals surface area contributed by atoms with Crippen LogP contribution in [0.4, 0.5) is 0 Å². The summed E-state index contributed by atoms with van der Waals surface area (Å²) in [6, 6.07) is 8.23. The van der Waals surface area contributed by atoms with Crippen LogP contribution >= 0.6 is 11.6 Å². The summed E-state index contributed by atoms with van der Waals surface area (Å²) in [5, 5.41) is 3.93. The molecule has 2 aromatic rings. The van der Waals surface area contributed by atoms with Gasteiger partial charge in [0, 0.05) is 17.9 Å². The highest BCUT2D eigenvalue weighted by Gasteiger charge is 2.08. The molecule has 4 heteroatoms. The van der Waals surface area contributed by atoms with Crippen molar-refractivity contribution in [2.24, 2.45) is 0 Å². The van der Waals surface area contributed by atoms with E-state index in [4.69, 9.17) is 16.1 Å². The van der Waals surface area contributed by atoms with E-state index in [9.17, 15) is 0 Å². The lowest BCUT2D eigenvalue weighted by Gasteiger charge is -2.04. The van der Waals surface area contributed by atoms with Crippen LogP contribution < -0.4 is 0 Å². The molecule has 2 rings (SSSR count). The van der Waals surface area contributed by atoms with Gasteiger partial charge in [-0.25, -0.2) is 0 Å². The van der Waals surface area contributed by atoms with Gasteiger partial charge in [0.1, 0.15) is 0 Å². The molecule has 17 heavy (non-hydrogen) atoms. The highest BCUT2D eigenvalue weighted by atomic mass is 35.5. The fourth-order valence-electron chi connectivity index (χ4n) is 1.57. The highest BCUT2D eigenvalue weighted by Crippen LogP contribution is 2.20. The molecule has 0 fully saturated rings. The molecule has 0 radical (unpaired) electrons. The number of hydrogen-bond donors (Lipinski definition) is 0. The van der Waals surface area contributed by atoms with Gasteiger partial charge in [-0.1, -0.05) is 43.3 Å². The summed E-state index contributed by atoms with van der Waals surface area (Å²) in [6.07, 6.45) is 0.610. The smallest absolute Gasteiger partial charge is 0.228 e. The first-order valence-electron chi connectivity index (χ1n) is 5.69. The number of rotatable bonds is 4. The van der Waals surface area contributed by atoms with Crippen LogP contribution in [0.5, 0.6) is 0 Å². The Hall–Kier alpha value is -1.35. The van der Waals surface area contributed by atoms with E-state index < -0.39 is 0 Å². The van der Waals surface area contributed by atoms with E-state index in [-0.39, 0.29) is 0 Å². The van der Waals surface area contributed by atoms with Gasteiger partial charge in [-0.15, -0.1) is 11.6 Å². The molecular formula is C13H15ClN2O. The third-order valence-corrected chi connectivity index (χ3v) is 2.80. The fraction of sp³-hybridized carbons (Fsp3) is 0.385. The van der Waals surface area contributed by atoms with Crippen molar-refractivity contribution in [3.8, 4) is 11.4 Å². The Morgan fingerprint density at radius 2 is 1.94 bits per heavy atom.